The molecule has 3 nitrogen and oxygen atoms in total. The van der Waals surface area contributed by atoms with Crippen LogP contribution in [-0.4, -0.2) is 30.4 Å². The van der Waals surface area contributed by atoms with E-state index < -0.39 is 0 Å². The number of nitrogens with zero attached hydrogens (tertiary/aromatic N) is 1. The van der Waals surface area contributed by atoms with Gasteiger partial charge in [0, 0.05) is 19.0 Å². The Hall–Kier alpha value is -0.570. The molecule has 1 amide bonds. The van der Waals surface area contributed by atoms with Crippen LogP contribution in [0.5, 0.6) is 0 Å². The molecule has 0 spiro atoms. The topological polar surface area (TPSA) is 46.3 Å². The molecule has 1 aliphatic heterocycles. The molecule has 1 heterocycles. The molecule has 19 heavy (non-hydrogen) atoms. The zero-order valence-electron chi connectivity index (χ0n) is 12.4. The third-order valence-electron chi connectivity index (χ3n) is 5.00. The fourth-order valence-corrected chi connectivity index (χ4v) is 3.95. The predicted octanol–water partition coefficient (Wildman–Crippen LogP) is 2.79. The van der Waals surface area contributed by atoms with Crippen LogP contribution in [0, 0.1) is 17.8 Å². The Morgan fingerprint density at radius 2 is 2.05 bits per heavy atom. The van der Waals surface area contributed by atoms with Crippen LogP contribution in [0.3, 0.4) is 0 Å². The molecular formula is C16H30N2O. The summed E-state index contributed by atoms with van der Waals surface area (Å²) in [6.07, 6.45) is 9.53. The highest BCUT2D eigenvalue weighted by atomic mass is 16.2. The zero-order valence-corrected chi connectivity index (χ0v) is 12.4. The van der Waals surface area contributed by atoms with Gasteiger partial charge in [0.25, 0.3) is 0 Å². The number of carbonyl (C=O) groups is 1. The summed E-state index contributed by atoms with van der Waals surface area (Å²) < 4.78 is 0. The molecule has 0 bridgehead atoms. The van der Waals surface area contributed by atoms with Crippen molar-refractivity contribution in [2.24, 2.45) is 23.5 Å². The van der Waals surface area contributed by atoms with Gasteiger partial charge < -0.3 is 10.6 Å². The fraction of sp³-hybridized carbons (Fsp3) is 0.938. The van der Waals surface area contributed by atoms with Gasteiger partial charge in [-0.1, -0.05) is 26.2 Å². The monoisotopic (exact) mass is 266 g/mol. The zero-order chi connectivity index (χ0) is 13.7. The van der Waals surface area contributed by atoms with Gasteiger partial charge in [0.05, 0.1) is 0 Å². The lowest BCUT2D eigenvalue weighted by Crippen LogP contribution is -2.37. The Morgan fingerprint density at radius 1 is 1.21 bits per heavy atom. The third-order valence-corrected chi connectivity index (χ3v) is 5.00. The maximum Gasteiger partial charge on any atom is 0.225 e. The summed E-state index contributed by atoms with van der Waals surface area (Å²) in [7, 11) is 0. The van der Waals surface area contributed by atoms with Crippen LogP contribution in [0.15, 0.2) is 0 Å². The largest absolute Gasteiger partial charge is 0.342 e. The number of rotatable bonds is 5. The normalized spacial score (nSPS) is 31.7. The minimum atomic E-state index is 0.297. The number of nitrogens with two attached hydrogens (primary N) is 1. The fourth-order valence-electron chi connectivity index (χ4n) is 3.95. The molecule has 1 saturated carbocycles. The van der Waals surface area contributed by atoms with E-state index in [9.17, 15) is 4.79 Å². The van der Waals surface area contributed by atoms with Crippen molar-refractivity contribution in [1.29, 1.82) is 0 Å². The van der Waals surface area contributed by atoms with Gasteiger partial charge in [-0.25, -0.2) is 0 Å². The maximum atomic E-state index is 12.6. The summed E-state index contributed by atoms with van der Waals surface area (Å²) >= 11 is 0. The number of carbonyl (C=O) groups excluding carboxylic acids is 1. The van der Waals surface area contributed by atoms with Gasteiger partial charge in [0.2, 0.25) is 5.91 Å². The first-order valence-corrected chi connectivity index (χ1v) is 8.23. The number of hydrogen-bond acceptors (Lipinski definition) is 2. The van der Waals surface area contributed by atoms with Gasteiger partial charge in [-0.05, 0) is 50.5 Å². The second kappa shape index (κ2) is 7.28. The molecular weight excluding hydrogens is 236 g/mol. The summed E-state index contributed by atoms with van der Waals surface area (Å²) in [5.41, 5.74) is 5.66. The Balaban J connectivity index is 1.82. The van der Waals surface area contributed by atoms with Crippen molar-refractivity contribution in [3.05, 3.63) is 0 Å². The second-order valence-corrected chi connectivity index (χ2v) is 6.53. The lowest BCUT2D eigenvalue weighted by atomic mass is 9.79. The number of amides is 1. The van der Waals surface area contributed by atoms with Crippen molar-refractivity contribution < 1.29 is 4.79 Å². The van der Waals surface area contributed by atoms with E-state index in [1.807, 2.05) is 0 Å². The summed E-state index contributed by atoms with van der Waals surface area (Å²) in [6, 6.07) is 0. The smallest absolute Gasteiger partial charge is 0.225 e. The van der Waals surface area contributed by atoms with Crippen molar-refractivity contribution in [3.8, 4) is 0 Å². The van der Waals surface area contributed by atoms with Gasteiger partial charge in [0.15, 0.2) is 0 Å². The van der Waals surface area contributed by atoms with Crippen LogP contribution in [0.4, 0.5) is 0 Å². The highest BCUT2D eigenvalue weighted by Crippen LogP contribution is 2.33. The molecule has 3 atom stereocenters. The molecule has 0 aromatic carbocycles. The van der Waals surface area contributed by atoms with E-state index in [4.69, 9.17) is 5.73 Å². The first-order chi connectivity index (χ1) is 9.24. The molecule has 1 aliphatic carbocycles. The highest BCUT2D eigenvalue weighted by molar-refractivity contribution is 5.79. The third kappa shape index (κ3) is 3.95. The van der Waals surface area contributed by atoms with Gasteiger partial charge in [-0.2, -0.15) is 0 Å². The van der Waals surface area contributed by atoms with Crippen molar-refractivity contribution in [3.63, 3.8) is 0 Å². The molecule has 0 radical (unpaired) electrons. The van der Waals surface area contributed by atoms with E-state index in [1.165, 1.54) is 32.1 Å². The molecule has 3 unspecified atom stereocenters. The molecule has 2 aliphatic rings. The Morgan fingerprint density at radius 3 is 2.79 bits per heavy atom. The summed E-state index contributed by atoms with van der Waals surface area (Å²) in [4.78, 5) is 14.7. The second-order valence-electron chi connectivity index (χ2n) is 6.53. The van der Waals surface area contributed by atoms with Gasteiger partial charge in [-0.3, -0.25) is 4.79 Å². The summed E-state index contributed by atoms with van der Waals surface area (Å²) in [6.45, 7) is 5.03. The van der Waals surface area contributed by atoms with Crippen LogP contribution in [0.2, 0.25) is 0 Å². The van der Waals surface area contributed by atoms with Crippen molar-refractivity contribution >= 4 is 5.91 Å². The first kappa shape index (κ1) is 14.8. The number of hydrogen-bond donors (Lipinski definition) is 1. The lowest BCUT2D eigenvalue weighted by molar-refractivity contribution is -0.136. The number of likely N-dealkylation sites (tertiary alicyclic amines) is 1. The molecule has 2 rings (SSSR count). The standard InChI is InChI=1S/C16H30N2O/c1-2-4-14-8-10-18(12-14)16(19)15-6-3-5-13(11-15)7-9-17/h13-15H,2-12,17H2,1H3. The molecule has 0 aromatic rings. The minimum Gasteiger partial charge on any atom is -0.342 e. The first-order valence-electron chi connectivity index (χ1n) is 8.23. The SMILES string of the molecule is CCCC1CCN(C(=O)C2CCCC(CCN)C2)C1. The van der Waals surface area contributed by atoms with E-state index in [2.05, 4.69) is 11.8 Å². The summed E-state index contributed by atoms with van der Waals surface area (Å²) in [5, 5.41) is 0. The van der Waals surface area contributed by atoms with Crippen LogP contribution in [0.25, 0.3) is 0 Å². The van der Waals surface area contributed by atoms with E-state index in [0.717, 1.165) is 44.8 Å². The average molecular weight is 266 g/mol. The van der Waals surface area contributed by atoms with Crippen molar-refractivity contribution in [2.45, 2.75) is 58.3 Å². The Kier molecular flexibility index (Phi) is 5.68. The van der Waals surface area contributed by atoms with Gasteiger partial charge in [0.1, 0.15) is 0 Å². The highest BCUT2D eigenvalue weighted by Gasteiger charge is 2.33. The van der Waals surface area contributed by atoms with Crippen LogP contribution in [-0.2, 0) is 4.79 Å². The van der Waals surface area contributed by atoms with Crippen LogP contribution < -0.4 is 5.73 Å². The molecule has 3 heteroatoms. The lowest BCUT2D eigenvalue weighted by Gasteiger charge is -2.31. The average Bonchev–Trinajstić information content (AvgIpc) is 2.88. The molecule has 2 N–H and O–H groups in total. The minimum absolute atomic E-state index is 0.297. The van der Waals surface area contributed by atoms with E-state index in [0.29, 0.717) is 17.7 Å². The maximum absolute atomic E-state index is 12.6. The van der Waals surface area contributed by atoms with Crippen LogP contribution >= 0.6 is 0 Å². The van der Waals surface area contributed by atoms with E-state index in [-0.39, 0.29) is 0 Å². The Labute approximate surface area is 117 Å². The molecule has 1 saturated heterocycles. The van der Waals surface area contributed by atoms with E-state index >= 15 is 0 Å². The quantitative estimate of drug-likeness (QED) is 0.831. The molecule has 110 valence electrons. The van der Waals surface area contributed by atoms with E-state index in [1.54, 1.807) is 0 Å². The Bertz CT molecular complexity index is 290. The van der Waals surface area contributed by atoms with Gasteiger partial charge in [-0.15, -0.1) is 0 Å². The summed E-state index contributed by atoms with van der Waals surface area (Å²) in [5.74, 6) is 2.20. The molecule has 0 aromatic heterocycles. The van der Waals surface area contributed by atoms with Crippen molar-refractivity contribution in [1.82, 2.24) is 4.90 Å². The van der Waals surface area contributed by atoms with Gasteiger partial charge >= 0.3 is 0 Å². The van der Waals surface area contributed by atoms with Crippen LogP contribution in [0.1, 0.15) is 58.3 Å². The predicted molar refractivity (Wildman–Crippen MR) is 78.7 cm³/mol. The van der Waals surface area contributed by atoms with Crippen molar-refractivity contribution in [2.75, 3.05) is 19.6 Å². The molecule has 2 fully saturated rings.